The highest BCUT2D eigenvalue weighted by molar-refractivity contribution is 9.10. The van der Waals surface area contributed by atoms with Gasteiger partial charge in [-0.2, -0.15) is 0 Å². The topological polar surface area (TPSA) is 46.3 Å². The first kappa shape index (κ1) is 11.5. The number of hydrogen-bond donors (Lipinski definition) is 1. The van der Waals surface area contributed by atoms with Gasteiger partial charge in [-0.1, -0.05) is 28.9 Å². The molecule has 1 fully saturated rings. The number of anilines is 1. The number of rotatable bonds is 2. The van der Waals surface area contributed by atoms with E-state index in [1.165, 1.54) is 0 Å². The molecular weight excluding hydrogens is 268 g/mol. The maximum atomic E-state index is 11.7. The fraction of sp³-hybridized carbons (Fsp3) is 0.417. The van der Waals surface area contributed by atoms with Crippen LogP contribution in [0.5, 0.6) is 0 Å². The third-order valence-electron chi connectivity index (χ3n) is 2.91. The minimum absolute atomic E-state index is 0.225. The van der Waals surface area contributed by atoms with Gasteiger partial charge in [0.1, 0.15) is 0 Å². The highest BCUT2D eigenvalue weighted by atomic mass is 79.9. The molecule has 1 aliphatic heterocycles. The first-order valence-corrected chi connectivity index (χ1v) is 6.18. The molecule has 2 N–H and O–H groups in total. The van der Waals surface area contributed by atoms with Crippen molar-refractivity contribution in [2.45, 2.75) is 19.9 Å². The number of likely N-dealkylation sites (tertiary alicyclic amines) is 1. The molecule has 1 aromatic carbocycles. The average Bonchev–Trinajstić information content (AvgIpc) is 2.51. The second-order valence-electron chi connectivity index (χ2n) is 4.39. The van der Waals surface area contributed by atoms with Crippen LogP contribution in [0.3, 0.4) is 0 Å². The van der Waals surface area contributed by atoms with Crippen molar-refractivity contribution < 1.29 is 4.79 Å². The number of halogens is 1. The van der Waals surface area contributed by atoms with Crippen LogP contribution < -0.4 is 5.73 Å². The molecule has 1 aliphatic rings. The molecule has 3 nitrogen and oxygen atoms in total. The Morgan fingerprint density at radius 2 is 2.31 bits per heavy atom. The van der Waals surface area contributed by atoms with Gasteiger partial charge in [-0.05, 0) is 18.1 Å². The third kappa shape index (κ3) is 2.21. The lowest BCUT2D eigenvalue weighted by Crippen LogP contribution is -2.25. The molecule has 1 unspecified atom stereocenters. The molecule has 1 heterocycles. The summed E-state index contributed by atoms with van der Waals surface area (Å²) in [6.45, 7) is 3.54. The van der Waals surface area contributed by atoms with Crippen molar-refractivity contribution in [3.05, 3.63) is 28.2 Å². The van der Waals surface area contributed by atoms with E-state index in [0.717, 1.165) is 22.3 Å². The van der Waals surface area contributed by atoms with Crippen LogP contribution in [0, 0.1) is 5.92 Å². The standard InChI is InChI=1S/C12H15BrN2O/c1-8-5-12(16)15(6-8)7-9-10(13)3-2-4-11(9)14/h2-4,8H,5-7,14H2,1H3. The second kappa shape index (κ2) is 4.45. The zero-order chi connectivity index (χ0) is 11.7. The van der Waals surface area contributed by atoms with E-state index < -0.39 is 0 Å². The number of carbonyl (C=O) groups excluding carboxylic acids is 1. The van der Waals surface area contributed by atoms with E-state index in [9.17, 15) is 4.79 Å². The molecule has 0 spiro atoms. The van der Waals surface area contributed by atoms with Gasteiger partial charge < -0.3 is 10.6 Å². The largest absolute Gasteiger partial charge is 0.398 e. The molecule has 0 radical (unpaired) electrons. The van der Waals surface area contributed by atoms with Gasteiger partial charge in [0.2, 0.25) is 5.91 Å². The predicted molar refractivity (Wildman–Crippen MR) is 67.8 cm³/mol. The lowest BCUT2D eigenvalue weighted by atomic mass is 10.1. The molecule has 0 saturated carbocycles. The van der Waals surface area contributed by atoms with Crippen LogP contribution in [-0.4, -0.2) is 17.4 Å². The number of nitrogens with two attached hydrogens (primary N) is 1. The summed E-state index contributed by atoms with van der Waals surface area (Å²) in [4.78, 5) is 13.6. The van der Waals surface area contributed by atoms with Crippen molar-refractivity contribution in [1.82, 2.24) is 4.90 Å². The van der Waals surface area contributed by atoms with Crippen LogP contribution in [0.25, 0.3) is 0 Å². The van der Waals surface area contributed by atoms with Crippen molar-refractivity contribution in [3.8, 4) is 0 Å². The van der Waals surface area contributed by atoms with Gasteiger partial charge in [0, 0.05) is 35.2 Å². The SMILES string of the molecule is CC1CC(=O)N(Cc2c(N)cccc2Br)C1. The summed E-state index contributed by atoms with van der Waals surface area (Å²) < 4.78 is 0.972. The van der Waals surface area contributed by atoms with Gasteiger partial charge in [-0.25, -0.2) is 0 Å². The second-order valence-corrected chi connectivity index (χ2v) is 5.25. The van der Waals surface area contributed by atoms with Gasteiger partial charge in [0.05, 0.1) is 0 Å². The minimum Gasteiger partial charge on any atom is -0.398 e. The van der Waals surface area contributed by atoms with E-state index in [1.54, 1.807) is 0 Å². The molecule has 1 aromatic rings. The van der Waals surface area contributed by atoms with Crippen LogP contribution in [0.4, 0.5) is 5.69 Å². The lowest BCUT2D eigenvalue weighted by molar-refractivity contribution is -0.128. The summed E-state index contributed by atoms with van der Waals surface area (Å²) in [7, 11) is 0. The lowest BCUT2D eigenvalue weighted by Gasteiger charge is -2.18. The summed E-state index contributed by atoms with van der Waals surface area (Å²) in [6.07, 6.45) is 0.657. The van der Waals surface area contributed by atoms with Crippen LogP contribution in [0.2, 0.25) is 0 Å². The summed E-state index contributed by atoms with van der Waals surface area (Å²) >= 11 is 3.47. The number of nitrogens with zero attached hydrogens (tertiary/aromatic N) is 1. The molecular formula is C12H15BrN2O. The van der Waals surface area contributed by atoms with Gasteiger partial charge in [0.25, 0.3) is 0 Å². The number of benzene rings is 1. The predicted octanol–water partition coefficient (Wildman–Crippen LogP) is 2.40. The molecule has 0 bridgehead atoms. The van der Waals surface area contributed by atoms with E-state index in [2.05, 4.69) is 22.9 Å². The Bertz CT molecular complexity index is 399. The normalized spacial score (nSPS) is 20.5. The Balaban J connectivity index is 2.18. The zero-order valence-electron chi connectivity index (χ0n) is 9.24. The molecule has 4 heteroatoms. The van der Waals surface area contributed by atoms with E-state index in [4.69, 9.17) is 5.73 Å². The van der Waals surface area contributed by atoms with Crippen LogP contribution in [-0.2, 0) is 11.3 Å². The fourth-order valence-corrected chi connectivity index (χ4v) is 2.56. The van der Waals surface area contributed by atoms with Crippen molar-refractivity contribution in [2.24, 2.45) is 5.92 Å². The van der Waals surface area contributed by atoms with Gasteiger partial charge in [0.15, 0.2) is 0 Å². The molecule has 16 heavy (non-hydrogen) atoms. The Kier molecular flexibility index (Phi) is 3.19. The van der Waals surface area contributed by atoms with Crippen molar-refractivity contribution >= 4 is 27.5 Å². The van der Waals surface area contributed by atoms with E-state index >= 15 is 0 Å². The first-order chi connectivity index (χ1) is 7.58. The van der Waals surface area contributed by atoms with Crippen LogP contribution >= 0.6 is 15.9 Å². The Morgan fingerprint density at radius 1 is 1.56 bits per heavy atom. The Labute approximate surface area is 104 Å². The zero-order valence-corrected chi connectivity index (χ0v) is 10.8. The van der Waals surface area contributed by atoms with E-state index in [-0.39, 0.29) is 5.91 Å². The number of hydrogen-bond acceptors (Lipinski definition) is 2. The van der Waals surface area contributed by atoms with Crippen LogP contribution in [0.15, 0.2) is 22.7 Å². The molecule has 2 rings (SSSR count). The minimum atomic E-state index is 0.225. The van der Waals surface area contributed by atoms with E-state index in [0.29, 0.717) is 18.9 Å². The Hall–Kier alpha value is -1.03. The maximum Gasteiger partial charge on any atom is 0.223 e. The molecule has 1 saturated heterocycles. The summed E-state index contributed by atoms with van der Waals surface area (Å²) in [6, 6.07) is 5.72. The van der Waals surface area contributed by atoms with Gasteiger partial charge >= 0.3 is 0 Å². The number of carbonyl (C=O) groups is 1. The smallest absolute Gasteiger partial charge is 0.223 e. The molecule has 1 amide bonds. The monoisotopic (exact) mass is 282 g/mol. The fourth-order valence-electron chi connectivity index (χ4n) is 2.06. The first-order valence-electron chi connectivity index (χ1n) is 5.38. The van der Waals surface area contributed by atoms with Crippen LogP contribution in [0.1, 0.15) is 18.9 Å². The quantitative estimate of drug-likeness (QED) is 0.847. The molecule has 1 atom stereocenters. The molecule has 0 aromatic heterocycles. The molecule has 0 aliphatic carbocycles. The maximum absolute atomic E-state index is 11.7. The van der Waals surface area contributed by atoms with Gasteiger partial charge in [-0.15, -0.1) is 0 Å². The average molecular weight is 283 g/mol. The Morgan fingerprint density at radius 3 is 2.88 bits per heavy atom. The van der Waals surface area contributed by atoms with Crippen molar-refractivity contribution in [2.75, 3.05) is 12.3 Å². The highest BCUT2D eigenvalue weighted by Gasteiger charge is 2.27. The highest BCUT2D eigenvalue weighted by Crippen LogP contribution is 2.27. The summed E-state index contributed by atoms with van der Waals surface area (Å²) in [5.74, 6) is 0.680. The third-order valence-corrected chi connectivity index (χ3v) is 3.65. The van der Waals surface area contributed by atoms with Crippen molar-refractivity contribution in [3.63, 3.8) is 0 Å². The van der Waals surface area contributed by atoms with Gasteiger partial charge in [-0.3, -0.25) is 4.79 Å². The summed E-state index contributed by atoms with van der Waals surface area (Å²) in [5, 5.41) is 0. The molecule has 86 valence electrons. The van der Waals surface area contributed by atoms with E-state index in [1.807, 2.05) is 23.1 Å². The number of nitrogen functional groups attached to an aromatic ring is 1. The number of amides is 1. The summed E-state index contributed by atoms with van der Waals surface area (Å²) in [5.41, 5.74) is 7.65. The van der Waals surface area contributed by atoms with Crippen molar-refractivity contribution in [1.29, 1.82) is 0 Å².